The van der Waals surface area contributed by atoms with Gasteiger partial charge in [-0.25, -0.2) is 4.79 Å². The first-order valence-corrected chi connectivity index (χ1v) is 11.0. The lowest BCUT2D eigenvalue weighted by Gasteiger charge is -2.33. The Morgan fingerprint density at radius 1 is 1.07 bits per heavy atom. The molecule has 1 saturated heterocycles. The molecule has 3 rings (SSSR count). The largest absolute Gasteiger partial charge is 0.342 e. The van der Waals surface area contributed by atoms with Gasteiger partial charge in [-0.05, 0) is 56.2 Å². The fourth-order valence-corrected chi connectivity index (χ4v) is 4.36. The summed E-state index contributed by atoms with van der Waals surface area (Å²) in [5.74, 6) is 0.153. The average Bonchev–Trinajstić information content (AvgIpc) is 2.70. The molecule has 1 unspecified atom stereocenters. The van der Waals surface area contributed by atoms with Gasteiger partial charge in [0.1, 0.15) is 0 Å². The maximum atomic E-state index is 12.7. The van der Waals surface area contributed by atoms with Crippen molar-refractivity contribution in [2.24, 2.45) is 0 Å². The summed E-state index contributed by atoms with van der Waals surface area (Å²) in [7, 11) is 0. The fraction of sp³-hybridized carbons (Fsp3) is 0.333. The molecule has 1 aliphatic rings. The van der Waals surface area contributed by atoms with Crippen LogP contribution in [0.5, 0.6) is 0 Å². The zero-order chi connectivity index (χ0) is 19.9. The lowest BCUT2D eigenvalue weighted by molar-refractivity contribution is -0.131. The highest BCUT2D eigenvalue weighted by Gasteiger charge is 2.27. The van der Waals surface area contributed by atoms with Crippen LogP contribution in [0.1, 0.15) is 19.8 Å². The lowest BCUT2D eigenvalue weighted by Crippen LogP contribution is -2.49. The van der Waals surface area contributed by atoms with Crippen LogP contribution in [0.3, 0.4) is 0 Å². The summed E-state index contributed by atoms with van der Waals surface area (Å²) < 4.78 is 1.03. The van der Waals surface area contributed by atoms with Gasteiger partial charge in [0.05, 0.1) is 5.25 Å². The molecule has 1 fully saturated rings. The number of carbonyl (C=O) groups excluding carboxylic acids is 2. The molecule has 1 heterocycles. The summed E-state index contributed by atoms with van der Waals surface area (Å²) in [5.41, 5.74) is 0.770. The highest BCUT2D eigenvalue weighted by atomic mass is 79.9. The number of anilines is 1. The van der Waals surface area contributed by atoms with E-state index in [2.05, 4.69) is 26.6 Å². The van der Waals surface area contributed by atoms with Gasteiger partial charge in [0.15, 0.2) is 0 Å². The quantitative estimate of drug-likeness (QED) is 0.631. The van der Waals surface area contributed by atoms with E-state index >= 15 is 0 Å². The molecule has 1 atom stereocenters. The van der Waals surface area contributed by atoms with Gasteiger partial charge in [0, 0.05) is 34.2 Å². The van der Waals surface area contributed by atoms with E-state index in [0.717, 1.165) is 27.9 Å². The molecular formula is C21H24BrN3O2S. The van der Waals surface area contributed by atoms with Crippen LogP contribution in [-0.4, -0.2) is 41.2 Å². The second-order valence-corrected chi connectivity index (χ2v) is 9.11. The first kappa shape index (κ1) is 20.7. The van der Waals surface area contributed by atoms with Gasteiger partial charge >= 0.3 is 6.03 Å². The second kappa shape index (κ2) is 9.98. The Labute approximate surface area is 178 Å². The van der Waals surface area contributed by atoms with Gasteiger partial charge in [-0.15, -0.1) is 11.8 Å². The molecule has 28 heavy (non-hydrogen) atoms. The van der Waals surface area contributed by atoms with Crippen molar-refractivity contribution in [1.82, 2.24) is 10.2 Å². The van der Waals surface area contributed by atoms with Gasteiger partial charge in [-0.3, -0.25) is 4.79 Å². The number of likely N-dealkylation sites (tertiary alicyclic amines) is 1. The van der Waals surface area contributed by atoms with Crippen molar-refractivity contribution in [3.63, 3.8) is 0 Å². The number of hydrogen-bond acceptors (Lipinski definition) is 3. The molecule has 0 aliphatic carbocycles. The molecule has 2 aromatic rings. The summed E-state index contributed by atoms with van der Waals surface area (Å²) >= 11 is 5.00. The number of thioether (sulfide) groups is 1. The van der Waals surface area contributed by atoms with E-state index in [0.29, 0.717) is 13.1 Å². The Hall–Kier alpha value is -1.99. The van der Waals surface area contributed by atoms with Gasteiger partial charge in [-0.2, -0.15) is 0 Å². The van der Waals surface area contributed by atoms with E-state index < -0.39 is 0 Å². The summed E-state index contributed by atoms with van der Waals surface area (Å²) in [6.45, 7) is 3.29. The Balaban J connectivity index is 1.43. The number of rotatable bonds is 5. The van der Waals surface area contributed by atoms with Crippen molar-refractivity contribution < 1.29 is 9.59 Å². The summed E-state index contributed by atoms with van der Waals surface area (Å²) in [6.07, 6.45) is 1.53. The maximum absolute atomic E-state index is 12.7. The molecule has 0 bridgehead atoms. The van der Waals surface area contributed by atoms with Crippen molar-refractivity contribution in [2.75, 3.05) is 18.4 Å². The second-order valence-electron chi connectivity index (χ2n) is 6.78. The highest BCUT2D eigenvalue weighted by Crippen LogP contribution is 2.26. The van der Waals surface area contributed by atoms with Gasteiger partial charge < -0.3 is 15.5 Å². The predicted octanol–water partition coefficient (Wildman–Crippen LogP) is 4.74. The number of benzene rings is 2. The normalized spacial score (nSPS) is 15.7. The molecule has 2 aromatic carbocycles. The van der Waals surface area contributed by atoms with Crippen molar-refractivity contribution in [2.45, 2.75) is 36.0 Å². The molecule has 0 radical (unpaired) electrons. The number of nitrogens with zero attached hydrogens (tertiary/aromatic N) is 1. The summed E-state index contributed by atoms with van der Waals surface area (Å²) in [4.78, 5) is 27.8. The molecule has 2 N–H and O–H groups in total. The molecule has 5 nitrogen and oxygen atoms in total. The van der Waals surface area contributed by atoms with Crippen LogP contribution in [0.2, 0.25) is 0 Å². The average molecular weight is 462 g/mol. The van der Waals surface area contributed by atoms with Crippen molar-refractivity contribution >= 4 is 45.3 Å². The van der Waals surface area contributed by atoms with Crippen molar-refractivity contribution in [3.8, 4) is 0 Å². The standard InChI is InChI=1S/C21H24BrN3O2S/c1-15(28-19-9-7-16(22)8-10-19)20(26)25-13-11-18(12-14-25)24-21(27)23-17-5-3-2-4-6-17/h2-10,15,18H,11-14H2,1H3,(H2,23,24,27). The van der Waals surface area contributed by atoms with E-state index in [-0.39, 0.29) is 23.2 Å². The Morgan fingerprint density at radius 3 is 2.36 bits per heavy atom. The summed E-state index contributed by atoms with van der Waals surface area (Å²) in [6, 6.07) is 17.3. The van der Waals surface area contributed by atoms with Gasteiger partial charge in [0.2, 0.25) is 5.91 Å². The number of urea groups is 1. The van der Waals surface area contributed by atoms with Crippen molar-refractivity contribution in [1.29, 1.82) is 0 Å². The minimum atomic E-state index is -0.199. The van der Waals surface area contributed by atoms with Gasteiger partial charge in [0.25, 0.3) is 0 Å². The molecule has 0 saturated carbocycles. The third-order valence-corrected chi connectivity index (χ3v) is 6.28. The third kappa shape index (κ3) is 6.01. The van der Waals surface area contributed by atoms with E-state index in [4.69, 9.17) is 0 Å². The predicted molar refractivity (Wildman–Crippen MR) is 118 cm³/mol. The van der Waals surface area contributed by atoms with Crippen LogP contribution < -0.4 is 10.6 Å². The van der Waals surface area contributed by atoms with Crippen LogP contribution in [0.25, 0.3) is 0 Å². The number of amides is 3. The van der Waals surface area contributed by atoms with E-state index in [9.17, 15) is 9.59 Å². The number of para-hydroxylation sites is 1. The fourth-order valence-electron chi connectivity index (χ4n) is 3.14. The SMILES string of the molecule is CC(Sc1ccc(Br)cc1)C(=O)N1CCC(NC(=O)Nc2ccccc2)CC1. The first-order chi connectivity index (χ1) is 13.5. The van der Waals surface area contributed by atoms with E-state index in [1.54, 1.807) is 11.8 Å². The molecule has 1 aliphatic heterocycles. The molecule has 7 heteroatoms. The first-order valence-electron chi connectivity index (χ1n) is 9.35. The zero-order valence-corrected chi connectivity index (χ0v) is 18.1. The molecular weight excluding hydrogens is 438 g/mol. The Morgan fingerprint density at radius 2 is 1.71 bits per heavy atom. The Bertz CT molecular complexity index is 793. The number of halogens is 1. The number of piperidine rings is 1. The van der Waals surface area contributed by atoms with Crippen LogP contribution in [0.15, 0.2) is 64.0 Å². The minimum Gasteiger partial charge on any atom is -0.342 e. The number of carbonyl (C=O) groups is 2. The summed E-state index contributed by atoms with van der Waals surface area (Å²) in [5, 5.41) is 5.71. The van der Waals surface area contributed by atoms with Crippen LogP contribution >= 0.6 is 27.7 Å². The molecule has 148 valence electrons. The monoisotopic (exact) mass is 461 g/mol. The zero-order valence-electron chi connectivity index (χ0n) is 15.7. The lowest BCUT2D eigenvalue weighted by atomic mass is 10.0. The molecule has 0 spiro atoms. The Kier molecular flexibility index (Phi) is 7.39. The smallest absolute Gasteiger partial charge is 0.319 e. The third-order valence-electron chi connectivity index (χ3n) is 4.65. The molecule has 0 aromatic heterocycles. The van der Waals surface area contributed by atoms with Crippen molar-refractivity contribution in [3.05, 3.63) is 59.1 Å². The number of hydrogen-bond donors (Lipinski definition) is 2. The highest BCUT2D eigenvalue weighted by molar-refractivity contribution is 9.10. The number of nitrogens with one attached hydrogen (secondary N) is 2. The topological polar surface area (TPSA) is 61.4 Å². The van der Waals surface area contributed by atoms with E-state index in [1.807, 2.05) is 66.4 Å². The minimum absolute atomic E-state index is 0.0854. The van der Waals surface area contributed by atoms with Gasteiger partial charge in [-0.1, -0.05) is 34.1 Å². The van der Waals surface area contributed by atoms with E-state index in [1.165, 1.54) is 0 Å². The van der Waals surface area contributed by atoms with Crippen LogP contribution in [0, 0.1) is 0 Å². The van der Waals surface area contributed by atoms with Crippen LogP contribution in [-0.2, 0) is 4.79 Å². The maximum Gasteiger partial charge on any atom is 0.319 e. The molecule has 3 amide bonds. The van der Waals surface area contributed by atoms with Crippen LogP contribution in [0.4, 0.5) is 10.5 Å².